The lowest BCUT2D eigenvalue weighted by molar-refractivity contribution is 0.103. The maximum atomic E-state index is 11.8. The summed E-state index contributed by atoms with van der Waals surface area (Å²) in [5.41, 5.74) is 4.52. The highest BCUT2D eigenvalue weighted by Gasteiger charge is 2.31. The van der Waals surface area contributed by atoms with Crippen LogP contribution in [0.3, 0.4) is 0 Å². The van der Waals surface area contributed by atoms with E-state index in [1.807, 2.05) is 18.2 Å². The second-order valence-corrected chi connectivity index (χ2v) is 3.69. The first-order valence-electron chi connectivity index (χ1n) is 4.74. The predicted octanol–water partition coefficient (Wildman–Crippen LogP) is 2.82. The molecule has 13 heavy (non-hydrogen) atoms. The number of allylic oxidation sites excluding steroid dienone is 2. The second kappa shape index (κ2) is 2.32. The third-order valence-electron chi connectivity index (χ3n) is 2.99. The monoisotopic (exact) mass is 170 g/mol. The molecule has 0 bridgehead atoms. The number of hydrogen-bond donors (Lipinski definition) is 0. The highest BCUT2D eigenvalue weighted by molar-refractivity contribution is 6.21. The van der Waals surface area contributed by atoms with Crippen LogP contribution in [0.1, 0.15) is 35.2 Å². The number of rotatable bonds is 0. The maximum absolute atomic E-state index is 11.8. The van der Waals surface area contributed by atoms with E-state index < -0.39 is 0 Å². The van der Waals surface area contributed by atoms with Crippen LogP contribution in [-0.4, -0.2) is 5.78 Å². The molecule has 1 heteroatoms. The van der Waals surface area contributed by atoms with Crippen LogP contribution in [-0.2, 0) is 0 Å². The summed E-state index contributed by atoms with van der Waals surface area (Å²) in [4.78, 5) is 11.8. The van der Waals surface area contributed by atoms with E-state index in [1.165, 1.54) is 11.1 Å². The van der Waals surface area contributed by atoms with Gasteiger partial charge in [-0.3, -0.25) is 4.79 Å². The number of Topliss-reactive ketones (excluding diaryl/α,β-unsaturated/α-hetero) is 1. The van der Waals surface area contributed by atoms with Gasteiger partial charge in [0.25, 0.3) is 0 Å². The molecule has 0 saturated heterocycles. The standard InChI is InChI=1S/C12H10O/c13-12-10-5-2-1-4-8(10)9-6-3-7-11(9)12/h1-2,4-5H,3,6-7H2. The van der Waals surface area contributed by atoms with Gasteiger partial charge in [0.05, 0.1) is 0 Å². The zero-order valence-electron chi connectivity index (χ0n) is 7.34. The molecule has 0 radical (unpaired) electrons. The normalized spacial score (nSPS) is 19.2. The van der Waals surface area contributed by atoms with Crippen LogP contribution in [0.15, 0.2) is 29.8 Å². The summed E-state index contributed by atoms with van der Waals surface area (Å²) in [6.07, 6.45) is 3.24. The molecule has 0 aliphatic heterocycles. The minimum absolute atomic E-state index is 0.281. The Hall–Kier alpha value is -1.37. The largest absolute Gasteiger partial charge is 0.289 e. The zero-order chi connectivity index (χ0) is 8.84. The van der Waals surface area contributed by atoms with Crippen LogP contribution < -0.4 is 0 Å². The SMILES string of the molecule is O=C1C2=C(CCC2)c2ccccc21. The van der Waals surface area contributed by atoms with E-state index in [0.29, 0.717) is 0 Å². The zero-order valence-corrected chi connectivity index (χ0v) is 7.34. The summed E-state index contributed by atoms with van der Waals surface area (Å²) in [6, 6.07) is 7.97. The molecule has 0 aromatic heterocycles. The Bertz CT molecular complexity index is 427. The third kappa shape index (κ3) is 0.791. The lowest BCUT2D eigenvalue weighted by atomic mass is 10.0. The average molecular weight is 170 g/mol. The quantitative estimate of drug-likeness (QED) is 0.585. The minimum atomic E-state index is 0.281. The van der Waals surface area contributed by atoms with Crippen molar-refractivity contribution in [1.29, 1.82) is 0 Å². The molecule has 0 saturated carbocycles. The van der Waals surface area contributed by atoms with Crippen molar-refractivity contribution < 1.29 is 4.79 Å². The van der Waals surface area contributed by atoms with Gasteiger partial charge >= 0.3 is 0 Å². The summed E-state index contributed by atoms with van der Waals surface area (Å²) < 4.78 is 0. The molecule has 0 N–H and O–H groups in total. The highest BCUT2D eigenvalue weighted by atomic mass is 16.1. The third-order valence-corrected chi connectivity index (χ3v) is 2.99. The van der Waals surface area contributed by atoms with Crippen molar-refractivity contribution in [2.45, 2.75) is 19.3 Å². The summed E-state index contributed by atoms with van der Waals surface area (Å²) in [6.45, 7) is 0. The molecule has 1 aromatic rings. The number of hydrogen-bond acceptors (Lipinski definition) is 1. The number of carbonyl (C=O) groups is 1. The van der Waals surface area contributed by atoms with Crippen LogP contribution in [0.2, 0.25) is 0 Å². The number of ketones is 1. The van der Waals surface area contributed by atoms with Crippen molar-refractivity contribution in [2.24, 2.45) is 0 Å². The van der Waals surface area contributed by atoms with Crippen LogP contribution in [0.25, 0.3) is 5.57 Å². The Balaban J connectivity index is 2.28. The molecule has 0 unspecified atom stereocenters. The van der Waals surface area contributed by atoms with Gasteiger partial charge < -0.3 is 0 Å². The fraction of sp³-hybridized carbons (Fsp3) is 0.250. The van der Waals surface area contributed by atoms with Crippen LogP contribution in [0.5, 0.6) is 0 Å². The number of fused-ring (bicyclic) bond motifs is 2. The maximum Gasteiger partial charge on any atom is 0.189 e. The fourth-order valence-corrected chi connectivity index (χ4v) is 2.40. The molecule has 0 amide bonds. The average Bonchev–Trinajstić information content (AvgIpc) is 2.72. The second-order valence-electron chi connectivity index (χ2n) is 3.69. The van der Waals surface area contributed by atoms with E-state index in [2.05, 4.69) is 6.07 Å². The first-order chi connectivity index (χ1) is 6.38. The van der Waals surface area contributed by atoms with Crippen molar-refractivity contribution in [3.05, 3.63) is 41.0 Å². The minimum Gasteiger partial charge on any atom is -0.289 e. The van der Waals surface area contributed by atoms with Crippen LogP contribution in [0.4, 0.5) is 0 Å². The molecule has 2 aliphatic carbocycles. The van der Waals surface area contributed by atoms with Crippen LogP contribution >= 0.6 is 0 Å². The first-order valence-corrected chi connectivity index (χ1v) is 4.74. The summed E-state index contributed by atoms with van der Waals surface area (Å²) in [5.74, 6) is 0.281. The van der Waals surface area contributed by atoms with Gasteiger partial charge in [0.2, 0.25) is 0 Å². The van der Waals surface area contributed by atoms with Gasteiger partial charge in [0.1, 0.15) is 0 Å². The van der Waals surface area contributed by atoms with E-state index in [9.17, 15) is 4.79 Å². The Morgan fingerprint density at radius 2 is 1.62 bits per heavy atom. The first kappa shape index (κ1) is 7.07. The van der Waals surface area contributed by atoms with Gasteiger partial charge in [0.15, 0.2) is 5.78 Å². The Kier molecular flexibility index (Phi) is 1.26. The van der Waals surface area contributed by atoms with Crippen molar-refractivity contribution in [3.63, 3.8) is 0 Å². The lowest BCUT2D eigenvalue weighted by Crippen LogP contribution is -1.97. The van der Waals surface area contributed by atoms with Crippen molar-refractivity contribution >= 4 is 11.4 Å². The van der Waals surface area contributed by atoms with Gasteiger partial charge in [-0.25, -0.2) is 0 Å². The Labute approximate surface area is 77.1 Å². The molecule has 3 rings (SSSR count). The Morgan fingerprint density at radius 1 is 0.923 bits per heavy atom. The Morgan fingerprint density at radius 3 is 2.46 bits per heavy atom. The predicted molar refractivity (Wildman–Crippen MR) is 51.5 cm³/mol. The van der Waals surface area contributed by atoms with E-state index in [4.69, 9.17) is 0 Å². The lowest BCUT2D eigenvalue weighted by Gasteiger charge is -2.00. The van der Waals surface area contributed by atoms with Crippen molar-refractivity contribution in [1.82, 2.24) is 0 Å². The molecule has 1 nitrogen and oxygen atoms in total. The topological polar surface area (TPSA) is 17.1 Å². The molecule has 0 heterocycles. The molecule has 0 fully saturated rings. The van der Waals surface area contributed by atoms with Crippen molar-refractivity contribution in [3.8, 4) is 0 Å². The van der Waals surface area contributed by atoms with Gasteiger partial charge in [-0.05, 0) is 30.4 Å². The molecule has 0 spiro atoms. The van der Waals surface area contributed by atoms with E-state index in [1.54, 1.807) is 0 Å². The molecule has 1 aromatic carbocycles. The smallest absolute Gasteiger partial charge is 0.189 e. The van der Waals surface area contributed by atoms with Gasteiger partial charge in [-0.15, -0.1) is 0 Å². The highest BCUT2D eigenvalue weighted by Crippen LogP contribution is 2.42. The summed E-state index contributed by atoms with van der Waals surface area (Å²) >= 11 is 0. The van der Waals surface area contributed by atoms with E-state index in [0.717, 1.165) is 30.4 Å². The molecular formula is C12H10O. The molecule has 2 aliphatic rings. The fourth-order valence-electron chi connectivity index (χ4n) is 2.40. The molecule has 64 valence electrons. The summed E-state index contributed by atoms with van der Waals surface area (Å²) in [7, 11) is 0. The van der Waals surface area contributed by atoms with Crippen molar-refractivity contribution in [2.75, 3.05) is 0 Å². The molecule has 0 atom stereocenters. The number of benzene rings is 1. The number of carbonyl (C=O) groups excluding carboxylic acids is 1. The van der Waals surface area contributed by atoms with Gasteiger partial charge in [-0.1, -0.05) is 24.3 Å². The summed E-state index contributed by atoms with van der Waals surface area (Å²) in [5, 5.41) is 0. The van der Waals surface area contributed by atoms with Crippen LogP contribution in [0, 0.1) is 0 Å². The molecular weight excluding hydrogens is 160 g/mol. The van der Waals surface area contributed by atoms with Gasteiger partial charge in [0, 0.05) is 11.1 Å². The van der Waals surface area contributed by atoms with E-state index >= 15 is 0 Å². The van der Waals surface area contributed by atoms with E-state index in [-0.39, 0.29) is 5.78 Å². The van der Waals surface area contributed by atoms with Gasteiger partial charge in [-0.2, -0.15) is 0 Å².